The van der Waals surface area contributed by atoms with Crippen molar-refractivity contribution in [2.45, 2.75) is 18.4 Å². The number of carbonyl (C=O) groups is 1. The van der Waals surface area contributed by atoms with E-state index in [-0.39, 0.29) is 18.3 Å². The van der Waals surface area contributed by atoms with E-state index in [0.29, 0.717) is 10.0 Å². The Morgan fingerprint density at radius 2 is 1.81 bits per heavy atom. The third-order valence-electron chi connectivity index (χ3n) is 7.16. The first-order valence-corrected chi connectivity index (χ1v) is 11.1. The SMILES string of the molecule is CN1CN(C23c4ccccc4CC2Cc2c3ccc(Cl)c2Cl)n2ccc(=O)c(O)c2C1=O. The summed E-state index contributed by atoms with van der Waals surface area (Å²) in [6, 6.07) is 13.4. The van der Waals surface area contributed by atoms with Gasteiger partial charge in [0, 0.05) is 25.2 Å². The predicted octanol–water partition coefficient (Wildman–Crippen LogP) is 3.51. The number of benzene rings is 2. The summed E-state index contributed by atoms with van der Waals surface area (Å²) in [5, 5.41) is 13.7. The van der Waals surface area contributed by atoms with Crippen LogP contribution in [-0.4, -0.2) is 34.3 Å². The maximum atomic E-state index is 13.0. The number of fused-ring (bicyclic) bond motifs is 6. The molecular weight excluding hydrogens is 449 g/mol. The average molecular weight is 468 g/mol. The Labute approximate surface area is 194 Å². The molecule has 6 nitrogen and oxygen atoms in total. The third kappa shape index (κ3) is 2.26. The van der Waals surface area contributed by atoms with E-state index in [1.165, 1.54) is 16.5 Å². The van der Waals surface area contributed by atoms with Crippen molar-refractivity contribution in [2.75, 3.05) is 18.7 Å². The van der Waals surface area contributed by atoms with Crippen LogP contribution in [0.3, 0.4) is 0 Å². The van der Waals surface area contributed by atoms with Gasteiger partial charge in [0.15, 0.2) is 11.4 Å². The topological polar surface area (TPSA) is 65.8 Å². The molecule has 0 bridgehead atoms. The van der Waals surface area contributed by atoms with E-state index in [2.05, 4.69) is 17.1 Å². The van der Waals surface area contributed by atoms with Crippen molar-refractivity contribution in [1.29, 1.82) is 0 Å². The molecular formula is C24H19Cl2N3O3. The Balaban J connectivity index is 1.71. The second kappa shape index (κ2) is 6.53. The number of aromatic nitrogens is 1. The average Bonchev–Trinajstić information content (AvgIpc) is 3.27. The van der Waals surface area contributed by atoms with Gasteiger partial charge in [-0.1, -0.05) is 53.5 Å². The van der Waals surface area contributed by atoms with Gasteiger partial charge in [-0.25, -0.2) is 0 Å². The molecule has 2 aromatic carbocycles. The number of carbonyl (C=O) groups excluding carboxylic acids is 1. The van der Waals surface area contributed by atoms with Crippen LogP contribution in [-0.2, 0) is 18.4 Å². The highest BCUT2D eigenvalue weighted by molar-refractivity contribution is 6.42. The zero-order valence-corrected chi connectivity index (χ0v) is 18.7. The van der Waals surface area contributed by atoms with E-state index < -0.39 is 22.6 Å². The third-order valence-corrected chi connectivity index (χ3v) is 8.00. The number of hydrogen-bond acceptors (Lipinski definition) is 4. The molecule has 0 saturated heterocycles. The van der Waals surface area contributed by atoms with E-state index in [1.54, 1.807) is 17.9 Å². The van der Waals surface area contributed by atoms with E-state index in [1.807, 2.05) is 24.3 Å². The highest BCUT2D eigenvalue weighted by Crippen LogP contribution is 2.58. The molecule has 32 heavy (non-hydrogen) atoms. The van der Waals surface area contributed by atoms with E-state index >= 15 is 0 Å². The first-order chi connectivity index (χ1) is 15.4. The molecule has 8 heteroatoms. The van der Waals surface area contributed by atoms with Crippen LogP contribution < -0.4 is 10.4 Å². The number of nitrogens with zero attached hydrogens (tertiary/aromatic N) is 3. The van der Waals surface area contributed by atoms with Gasteiger partial charge >= 0.3 is 0 Å². The lowest BCUT2D eigenvalue weighted by Crippen LogP contribution is -2.62. The molecule has 1 aliphatic heterocycles. The van der Waals surface area contributed by atoms with Crippen molar-refractivity contribution in [2.24, 2.45) is 5.92 Å². The van der Waals surface area contributed by atoms with Crippen LogP contribution in [0.15, 0.2) is 53.5 Å². The summed E-state index contributed by atoms with van der Waals surface area (Å²) < 4.78 is 1.64. The van der Waals surface area contributed by atoms with Gasteiger partial charge in [-0.3, -0.25) is 19.3 Å². The summed E-state index contributed by atoms with van der Waals surface area (Å²) in [5.74, 6) is -0.800. The summed E-state index contributed by atoms with van der Waals surface area (Å²) in [6.45, 7) is 0.276. The number of rotatable bonds is 1. The molecule has 1 aromatic heterocycles. The first kappa shape index (κ1) is 19.7. The van der Waals surface area contributed by atoms with E-state index in [4.69, 9.17) is 23.2 Å². The number of pyridine rings is 1. The number of hydrogen-bond donors (Lipinski definition) is 1. The number of halogens is 2. The molecule has 0 saturated carbocycles. The molecule has 2 heterocycles. The van der Waals surface area contributed by atoms with Crippen LogP contribution in [0.1, 0.15) is 32.7 Å². The van der Waals surface area contributed by atoms with E-state index in [0.717, 1.165) is 29.5 Å². The summed E-state index contributed by atoms with van der Waals surface area (Å²) in [7, 11) is 1.67. The summed E-state index contributed by atoms with van der Waals surface area (Å²) >= 11 is 13.0. The van der Waals surface area contributed by atoms with Crippen molar-refractivity contribution < 1.29 is 9.90 Å². The highest BCUT2D eigenvalue weighted by atomic mass is 35.5. The van der Waals surface area contributed by atoms with Crippen LogP contribution >= 0.6 is 23.2 Å². The molecule has 3 aromatic rings. The summed E-state index contributed by atoms with van der Waals surface area (Å²) in [5.41, 5.74) is 3.17. The minimum atomic E-state index is -0.634. The Morgan fingerprint density at radius 3 is 2.62 bits per heavy atom. The van der Waals surface area contributed by atoms with Crippen LogP contribution in [0.4, 0.5) is 0 Å². The van der Waals surface area contributed by atoms with Gasteiger partial charge < -0.3 is 10.0 Å². The first-order valence-electron chi connectivity index (χ1n) is 10.4. The van der Waals surface area contributed by atoms with Crippen LogP contribution in [0.25, 0.3) is 0 Å². The Kier molecular flexibility index (Phi) is 4.02. The fourth-order valence-corrected chi connectivity index (χ4v) is 6.30. The Hall–Kier alpha value is -2.96. The lowest BCUT2D eigenvalue weighted by atomic mass is 9.81. The molecule has 2 aliphatic carbocycles. The molecule has 0 spiro atoms. The number of amides is 1. The molecule has 3 aliphatic rings. The summed E-state index contributed by atoms with van der Waals surface area (Å²) in [6.07, 6.45) is 3.15. The fraction of sp³-hybridized carbons (Fsp3) is 0.250. The van der Waals surface area contributed by atoms with Crippen molar-refractivity contribution in [1.82, 2.24) is 9.58 Å². The second-order valence-corrected chi connectivity index (χ2v) is 9.47. The second-order valence-electron chi connectivity index (χ2n) is 8.68. The van der Waals surface area contributed by atoms with Gasteiger partial charge in [0.2, 0.25) is 5.43 Å². The molecule has 1 N–H and O–H groups in total. The largest absolute Gasteiger partial charge is 0.502 e. The Bertz CT molecular complexity index is 1390. The van der Waals surface area contributed by atoms with Crippen molar-refractivity contribution >= 4 is 29.1 Å². The minimum Gasteiger partial charge on any atom is -0.502 e. The zero-order valence-electron chi connectivity index (χ0n) is 17.2. The monoisotopic (exact) mass is 467 g/mol. The van der Waals surface area contributed by atoms with Crippen molar-refractivity contribution in [3.63, 3.8) is 0 Å². The summed E-state index contributed by atoms with van der Waals surface area (Å²) in [4.78, 5) is 26.7. The van der Waals surface area contributed by atoms with E-state index in [9.17, 15) is 14.7 Å². The van der Waals surface area contributed by atoms with Gasteiger partial charge in [-0.05, 0) is 41.2 Å². The molecule has 0 radical (unpaired) electrons. The smallest absolute Gasteiger partial charge is 0.277 e. The fourth-order valence-electron chi connectivity index (χ4n) is 5.89. The van der Waals surface area contributed by atoms with Crippen LogP contribution in [0, 0.1) is 5.92 Å². The van der Waals surface area contributed by atoms with Gasteiger partial charge in [0.25, 0.3) is 5.91 Å². The lowest BCUT2D eigenvalue weighted by molar-refractivity contribution is 0.0697. The minimum absolute atomic E-state index is 0.0303. The quantitative estimate of drug-likeness (QED) is 0.594. The molecule has 6 rings (SSSR count). The van der Waals surface area contributed by atoms with Gasteiger partial charge in [-0.2, -0.15) is 0 Å². The molecule has 0 fully saturated rings. The zero-order chi connectivity index (χ0) is 22.4. The normalized spacial score (nSPS) is 23.1. The molecule has 1 amide bonds. The highest BCUT2D eigenvalue weighted by Gasteiger charge is 2.59. The number of aromatic hydroxyl groups is 1. The predicted molar refractivity (Wildman–Crippen MR) is 122 cm³/mol. The van der Waals surface area contributed by atoms with Crippen LogP contribution in [0.5, 0.6) is 5.75 Å². The molecule has 162 valence electrons. The Morgan fingerprint density at radius 1 is 1.03 bits per heavy atom. The van der Waals surface area contributed by atoms with Gasteiger partial charge in [-0.15, -0.1) is 0 Å². The molecule has 2 atom stereocenters. The maximum absolute atomic E-state index is 13.0. The van der Waals surface area contributed by atoms with Crippen molar-refractivity contribution in [3.8, 4) is 5.75 Å². The van der Waals surface area contributed by atoms with Crippen molar-refractivity contribution in [3.05, 3.63) is 96.9 Å². The lowest BCUT2D eigenvalue weighted by Gasteiger charge is -2.50. The maximum Gasteiger partial charge on any atom is 0.277 e. The van der Waals surface area contributed by atoms with Gasteiger partial charge in [0.1, 0.15) is 12.2 Å². The van der Waals surface area contributed by atoms with Crippen LogP contribution in [0.2, 0.25) is 10.0 Å². The standard InChI is InChI=1S/C24H19Cl2N3O3/c1-27-12-29(28-9-8-19(30)22(31)21(28)23(27)32)24-14(10-13-4-2-3-5-16(13)24)11-15-17(24)6-7-18(25)20(15)26/h2-9,14,31H,10-12H2,1H3. The van der Waals surface area contributed by atoms with Gasteiger partial charge in [0.05, 0.1) is 10.0 Å². The molecule has 2 unspecified atom stereocenters.